The lowest BCUT2D eigenvalue weighted by molar-refractivity contribution is -0.137. The van der Waals surface area contributed by atoms with E-state index in [1.165, 1.54) is 37.6 Å². The molecule has 180 valence electrons. The molecule has 0 radical (unpaired) electrons. The molecule has 1 aromatic heterocycles. The Labute approximate surface area is 195 Å². The first-order valence-corrected chi connectivity index (χ1v) is 12.3. The summed E-state index contributed by atoms with van der Waals surface area (Å²) in [6, 6.07) is 11.6. The number of ether oxygens (including phenoxy) is 2. The Bertz CT molecular complexity index is 1260. The minimum absolute atomic E-state index is 0.0876. The molecule has 0 saturated carbocycles. The molecule has 1 aliphatic heterocycles. The van der Waals surface area contributed by atoms with Gasteiger partial charge in [-0.2, -0.15) is 23.4 Å². The molecule has 0 unspecified atom stereocenters. The Hall–Kier alpha value is -2.98. The number of aromatic nitrogens is 2. The summed E-state index contributed by atoms with van der Waals surface area (Å²) in [7, 11) is -2.20. The minimum atomic E-state index is -4.44. The van der Waals surface area contributed by atoms with E-state index >= 15 is 0 Å². The number of hydrogen-bond donors (Lipinski definition) is 0. The number of nitrogens with zero attached hydrogens (tertiary/aromatic N) is 2. The molecule has 0 spiro atoms. The van der Waals surface area contributed by atoms with Gasteiger partial charge < -0.3 is 9.47 Å². The average Bonchev–Trinajstić information content (AvgIpc) is 2.81. The molecular weight excluding hydrogens is 469 g/mol. The second-order valence-corrected chi connectivity index (χ2v) is 10.0. The van der Waals surface area contributed by atoms with Crippen molar-refractivity contribution < 1.29 is 31.1 Å². The van der Waals surface area contributed by atoms with Crippen LogP contribution in [0.5, 0.6) is 5.75 Å². The van der Waals surface area contributed by atoms with Crippen LogP contribution in [0.3, 0.4) is 0 Å². The van der Waals surface area contributed by atoms with Crippen LogP contribution in [0.1, 0.15) is 40.3 Å². The lowest BCUT2D eigenvalue weighted by Gasteiger charge is -2.29. The second-order valence-electron chi connectivity index (χ2n) is 8.02. The summed E-state index contributed by atoms with van der Waals surface area (Å²) in [6.07, 6.45) is -2.09. The van der Waals surface area contributed by atoms with Crippen molar-refractivity contribution in [1.29, 1.82) is 0 Å². The van der Waals surface area contributed by atoms with Gasteiger partial charge in [-0.05, 0) is 60.4 Å². The van der Waals surface area contributed by atoms with Crippen LogP contribution in [0.2, 0.25) is 0 Å². The summed E-state index contributed by atoms with van der Waals surface area (Å²) >= 11 is 0. The predicted molar refractivity (Wildman–Crippen MR) is 118 cm³/mol. The van der Waals surface area contributed by atoms with Crippen molar-refractivity contribution in [2.24, 2.45) is 0 Å². The monoisotopic (exact) mass is 492 g/mol. The first-order chi connectivity index (χ1) is 16.2. The Kier molecular flexibility index (Phi) is 6.90. The van der Waals surface area contributed by atoms with Crippen LogP contribution in [0.4, 0.5) is 13.2 Å². The van der Waals surface area contributed by atoms with Crippen molar-refractivity contribution in [2.75, 3.05) is 20.3 Å². The number of benzene rings is 2. The van der Waals surface area contributed by atoms with E-state index in [0.29, 0.717) is 36.5 Å². The first kappa shape index (κ1) is 24.2. The molecule has 0 aliphatic carbocycles. The van der Waals surface area contributed by atoms with Crippen LogP contribution >= 0.6 is 0 Å². The summed E-state index contributed by atoms with van der Waals surface area (Å²) in [5.74, 6) is -0.118. The lowest BCUT2D eigenvalue weighted by Crippen LogP contribution is -2.18. The molecule has 0 N–H and O–H groups in total. The van der Waals surface area contributed by atoms with Crippen molar-refractivity contribution in [3.63, 3.8) is 0 Å². The van der Waals surface area contributed by atoms with E-state index in [1.54, 1.807) is 18.2 Å². The van der Waals surface area contributed by atoms with Crippen LogP contribution in [0.25, 0.3) is 0 Å². The second kappa shape index (κ2) is 9.71. The SMILES string of the molecule is COCCc1cc(C(F)(F)F)ccc1[C@H]1CCOc2cc(S(=O)(=O)Cc3cccnn3)ccc21. The maximum atomic E-state index is 13.3. The van der Waals surface area contributed by atoms with Crippen LogP contribution < -0.4 is 4.74 Å². The molecular formula is C24H23F3N2O4S. The lowest BCUT2D eigenvalue weighted by atomic mass is 9.83. The van der Waals surface area contributed by atoms with E-state index in [4.69, 9.17) is 9.47 Å². The molecule has 2 heterocycles. The number of fused-ring (bicyclic) bond motifs is 1. The van der Waals surface area contributed by atoms with Crippen LogP contribution in [-0.2, 0) is 32.9 Å². The standard InChI is InChI=1S/C24H23F3N2O4S/c1-32-11-8-16-13-17(24(25,26)27)4-6-20(16)21-9-12-33-23-14-19(5-7-22(21)23)34(30,31)15-18-3-2-10-28-29-18/h2-7,10,13-14,21H,8-9,11-12,15H2,1H3/t21-/m1/s1. The van der Waals surface area contributed by atoms with Gasteiger partial charge >= 0.3 is 6.18 Å². The number of sulfone groups is 1. The molecule has 1 aliphatic rings. The van der Waals surface area contributed by atoms with Gasteiger partial charge in [0.2, 0.25) is 0 Å². The van der Waals surface area contributed by atoms with E-state index in [1.807, 2.05) is 0 Å². The summed E-state index contributed by atoms with van der Waals surface area (Å²) in [5, 5.41) is 7.54. The van der Waals surface area contributed by atoms with Gasteiger partial charge in [0.15, 0.2) is 9.84 Å². The van der Waals surface area contributed by atoms with Crippen molar-refractivity contribution in [2.45, 2.75) is 35.6 Å². The Morgan fingerprint density at radius 1 is 1.12 bits per heavy atom. The molecule has 1 atom stereocenters. The minimum Gasteiger partial charge on any atom is -0.493 e. The summed E-state index contributed by atoms with van der Waals surface area (Å²) in [5.41, 5.74) is 1.66. The molecule has 6 nitrogen and oxygen atoms in total. The van der Waals surface area contributed by atoms with Crippen molar-refractivity contribution in [3.8, 4) is 5.75 Å². The normalized spacial score (nSPS) is 16.1. The quantitative estimate of drug-likeness (QED) is 0.481. The highest BCUT2D eigenvalue weighted by Crippen LogP contribution is 2.42. The molecule has 4 rings (SSSR count). The van der Waals surface area contributed by atoms with E-state index in [-0.39, 0.29) is 23.2 Å². The Morgan fingerprint density at radius 3 is 2.62 bits per heavy atom. The Morgan fingerprint density at radius 2 is 1.91 bits per heavy atom. The van der Waals surface area contributed by atoms with Gasteiger partial charge in [-0.25, -0.2) is 8.42 Å². The van der Waals surface area contributed by atoms with E-state index in [0.717, 1.165) is 17.2 Å². The largest absolute Gasteiger partial charge is 0.493 e. The number of rotatable bonds is 7. The van der Waals surface area contributed by atoms with Crippen LogP contribution in [0.15, 0.2) is 59.6 Å². The molecule has 2 aromatic carbocycles. The fraction of sp³-hybridized carbons (Fsp3) is 0.333. The topological polar surface area (TPSA) is 78.4 Å². The molecule has 0 saturated heterocycles. The summed E-state index contributed by atoms with van der Waals surface area (Å²) in [6.45, 7) is 0.597. The fourth-order valence-corrected chi connectivity index (χ4v) is 5.40. The molecule has 0 fully saturated rings. The number of alkyl halides is 3. The third-order valence-corrected chi connectivity index (χ3v) is 7.42. The van der Waals surface area contributed by atoms with E-state index in [9.17, 15) is 21.6 Å². The molecule has 34 heavy (non-hydrogen) atoms. The Balaban J connectivity index is 1.69. The van der Waals surface area contributed by atoms with Gasteiger partial charge in [0, 0.05) is 24.8 Å². The third-order valence-electron chi connectivity index (χ3n) is 5.77. The van der Waals surface area contributed by atoms with Gasteiger partial charge in [-0.3, -0.25) is 0 Å². The predicted octanol–water partition coefficient (Wildman–Crippen LogP) is 4.57. The fourth-order valence-electron chi connectivity index (χ4n) is 4.13. The molecule has 0 amide bonds. The number of methoxy groups -OCH3 is 1. The van der Waals surface area contributed by atoms with E-state index < -0.39 is 21.6 Å². The number of halogens is 3. The van der Waals surface area contributed by atoms with Gasteiger partial charge in [-0.15, -0.1) is 0 Å². The van der Waals surface area contributed by atoms with Gasteiger partial charge in [-0.1, -0.05) is 12.1 Å². The van der Waals surface area contributed by atoms with Crippen molar-refractivity contribution in [3.05, 3.63) is 82.7 Å². The summed E-state index contributed by atoms with van der Waals surface area (Å²) < 4.78 is 76.6. The van der Waals surface area contributed by atoms with Gasteiger partial charge in [0.05, 0.1) is 35.1 Å². The van der Waals surface area contributed by atoms with Gasteiger partial charge in [0.1, 0.15) is 5.75 Å². The zero-order chi connectivity index (χ0) is 24.3. The van der Waals surface area contributed by atoms with Crippen LogP contribution in [0, 0.1) is 0 Å². The average molecular weight is 493 g/mol. The highest BCUT2D eigenvalue weighted by Gasteiger charge is 2.33. The zero-order valence-electron chi connectivity index (χ0n) is 18.4. The van der Waals surface area contributed by atoms with Crippen molar-refractivity contribution in [1.82, 2.24) is 10.2 Å². The summed E-state index contributed by atoms with van der Waals surface area (Å²) in [4.78, 5) is 0.0876. The smallest absolute Gasteiger partial charge is 0.416 e. The zero-order valence-corrected chi connectivity index (χ0v) is 19.2. The molecule has 3 aromatic rings. The maximum absolute atomic E-state index is 13.3. The molecule has 0 bridgehead atoms. The maximum Gasteiger partial charge on any atom is 0.416 e. The van der Waals surface area contributed by atoms with E-state index in [2.05, 4.69) is 10.2 Å². The van der Waals surface area contributed by atoms with Gasteiger partial charge in [0.25, 0.3) is 0 Å². The highest BCUT2D eigenvalue weighted by molar-refractivity contribution is 7.90. The van der Waals surface area contributed by atoms with Crippen LogP contribution in [-0.4, -0.2) is 38.9 Å². The van der Waals surface area contributed by atoms with Crippen molar-refractivity contribution >= 4 is 9.84 Å². The molecule has 10 heteroatoms. The third kappa shape index (κ3) is 5.23. The highest BCUT2D eigenvalue weighted by atomic mass is 32.2. The first-order valence-electron chi connectivity index (χ1n) is 10.6. The number of hydrogen-bond acceptors (Lipinski definition) is 6.